The minimum atomic E-state index is -0.558. The molecule has 0 radical (unpaired) electrons. The standard InChI is InChI=1S/C19H15Cl2NO4/c1-2-3-8-26-19(25)11-4-6-13-14(9-11)18(24)22(17(13)23)16-10-12(20)5-7-15(16)21/h4-7,9-10H,2-3,8H2,1H3. The van der Waals surface area contributed by atoms with Crippen LogP contribution in [0.4, 0.5) is 5.69 Å². The molecule has 0 aliphatic carbocycles. The summed E-state index contributed by atoms with van der Waals surface area (Å²) < 4.78 is 5.15. The van der Waals surface area contributed by atoms with Crippen LogP contribution in [0.2, 0.25) is 10.0 Å². The fraction of sp³-hybridized carbons (Fsp3) is 0.211. The largest absolute Gasteiger partial charge is 0.462 e. The Kier molecular flexibility index (Phi) is 5.30. The van der Waals surface area contributed by atoms with Crippen molar-refractivity contribution >= 4 is 46.7 Å². The van der Waals surface area contributed by atoms with Crippen LogP contribution in [-0.4, -0.2) is 24.4 Å². The number of unbranched alkanes of at least 4 members (excludes halogenated alkanes) is 1. The highest BCUT2D eigenvalue weighted by atomic mass is 35.5. The summed E-state index contributed by atoms with van der Waals surface area (Å²) in [5, 5.41) is 0.573. The van der Waals surface area contributed by atoms with Crippen LogP contribution in [0.25, 0.3) is 0 Å². The molecule has 0 saturated heterocycles. The summed E-state index contributed by atoms with van der Waals surface area (Å²) in [6.07, 6.45) is 1.66. The third-order valence-corrected chi connectivity index (χ3v) is 4.56. The lowest BCUT2D eigenvalue weighted by Crippen LogP contribution is -2.29. The number of anilines is 1. The number of esters is 1. The van der Waals surface area contributed by atoms with Crippen LogP contribution in [0.3, 0.4) is 0 Å². The molecule has 2 aromatic rings. The van der Waals surface area contributed by atoms with E-state index in [1.807, 2.05) is 6.92 Å². The van der Waals surface area contributed by atoms with Crippen molar-refractivity contribution in [2.75, 3.05) is 11.5 Å². The quantitative estimate of drug-likeness (QED) is 0.419. The van der Waals surface area contributed by atoms with Crippen LogP contribution in [0.1, 0.15) is 50.8 Å². The number of carbonyl (C=O) groups excluding carboxylic acids is 3. The zero-order chi connectivity index (χ0) is 18.8. The smallest absolute Gasteiger partial charge is 0.338 e. The number of rotatable bonds is 5. The molecule has 3 rings (SSSR count). The lowest BCUT2D eigenvalue weighted by Gasteiger charge is -2.15. The Morgan fingerprint density at radius 2 is 1.77 bits per heavy atom. The Morgan fingerprint density at radius 3 is 2.50 bits per heavy atom. The van der Waals surface area contributed by atoms with Gasteiger partial charge in [-0.15, -0.1) is 0 Å². The van der Waals surface area contributed by atoms with Crippen LogP contribution in [0, 0.1) is 0 Å². The average molecular weight is 392 g/mol. The predicted octanol–water partition coefficient (Wildman–Crippen LogP) is 4.75. The van der Waals surface area contributed by atoms with E-state index in [1.54, 1.807) is 6.07 Å². The minimum absolute atomic E-state index is 0.135. The van der Waals surface area contributed by atoms with Crippen LogP contribution in [0.5, 0.6) is 0 Å². The van der Waals surface area contributed by atoms with Crippen LogP contribution >= 0.6 is 23.2 Å². The van der Waals surface area contributed by atoms with E-state index in [0.717, 1.165) is 17.7 Å². The van der Waals surface area contributed by atoms with Gasteiger partial charge in [0.05, 0.1) is 34.0 Å². The number of imide groups is 1. The fourth-order valence-electron chi connectivity index (χ4n) is 2.64. The number of amides is 2. The summed E-state index contributed by atoms with van der Waals surface area (Å²) in [5.41, 5.74) is 0.768. The number of hydrogen-bond donors (Lipinski definition) is 0. The predicted molar refractivity (Wildman–Crippen MR) is 99.2 cm³/mol. The number of fused-ring (bicyclic) bond motifs is 1. The third kappa shape index (κ3) is 3.32. The van der Waals surface area contributed by atoms with Crippen LogP contribution < -0.4 is 4.90 Å². The van der Waals surface area contributed by atoms with Gasteiger partial charge < -0.3 is 4.74 Å². The molecule has 0 aromatic heterocycles. The van der Waals surface area contributed by atoms with Gasteiger partial charge in [-0.3, -0.25) is 9.59 Å². The maximum Gasteiger partial charge on any atom is 0.338 e. The fourth-order valence-corrected chi connectivity index (χ4v) is 3.00. The maximum atomic E-state index is 12.8. The Morgan fingerprint density at radius 1 is 1.04 bits per heavy atom. The molecular formula is C19H15Cl2NO4. The highest BCUT2D eigenvalue weighted by Crippen LogP contribution is 2.35. The van der Waals surface area contributed by atoms with Gasteiger partial charge in [-0.2, -0.15) is 0 Å². The topological polar surface area (TPSA) is 63.7 Å². The van der Waals surface area contributed by atoms with Gasteiger partial charge in [0.2, 0.25) is 0 Å². The van der Waals surface area contributed by atoms with E-state index in [-0.39, 0.29) is 27.4 Å². The second-order valence-electron chi connectivity index (χ2n) is 5.79. The molecule has 5 nitrogen and oxygen atoms in total. The SMILES string of the molecule is CCCCOC(=O)c1ccc2c(c1)C(=O)N(c1cc(Cl)ccc1Cl)C2=O. The lowest BCUT2D eigenvalue weighted by atomic mass is 10.1. The van der Waals surface area contributed by atoms with E-state index in [2.05, 4.69) is 0 Å². The molecular weight excluding hydrogens is 377 g/mol. The van der Waals surface area contributed by atoms with E-state index in [1.165, 1.54) is 30.3 Å². The van der Waals surface area contributed by atoms with Gasteiger partial charge in [0, 0.05) is 5.02 Å². The summed E-state index contributed by atoms with van der Waals surface area (Å²) >= 11 is 12.1. The highest BCUT2D eigenvalue weighted by molar-refractivity contribution is 6.41. The van der Waals surface area contributed by atoms with Gasteiger partial charge in [-0.1, -0.05) is 36.5 Å². The Balaban J connectivity index is 1.93. The average Bonchev–Trinajstić information content (AvgIpc) is 2.88. The number of halogens is 2. The van der Waals surface area contributed by atoms with E-state index < -0.39 is 17.8 Å². The van der Waals surface area contributed by atoms with E-state index in [9.17, 15) is 14.4 Å². The zero-order valence-corrected chi connectivity index (χ0v) is 15.4. The Bertz CT molecular complexity index is 910. The van der Waals surface area contributed by atoms with Crippen molar-refractivity contribution in [2.24, 2.45) is 0 Å². The van der Waals surface area contributed by atoms with E-state index in [4.69, 9.17) is 27.9 Å². The number of hydrogen-bond acceptors (Lipinski definition) is 4. The maximum absolute atomic E-state index is 12.8. The second-order valence-corrected chi connectivity index (χ2v) is 6.63. The van der Waals surface area contributed by atoms with Gasteiger partial charge in [0.15, 0.2) is 0 Å². The van der Waals surface area contributed by atoms with E-state index in [0.29, 0.717) is 11.6 Å². The first-order chi connectivity index (χ1) is 12.4. The Labute approximate surface area is 160 Å². The van der Waals surface area contributed by atoms with Gasteiger partial charge in [0.25, 0.3) is 11.8 Å². The van der Waals surface area contributed by atoms with Crippen molar-refractivity contribution in [1.29, 1.82) is 0 Å². The van der Waals surface area contributed by atoms with Crippen molar-refractivity contribution in [2.45, 2.75) is 19.8 Å². The van der Waals surface area contributed by atoms with Crippen molar-refractivity contribution < 1.29 is 19.1 Å². The molecule has 2 aromatic carbocycles. The van der Waals surface area contributed by atoms with Gasteiger partial charge in [-0.05, 0) is 42.8 Å². The van der Waals surface area contributed by atoms with Gasteiger partial charge in [0.1, 0.15) is 0 Å². The first-order valence-corrected chi connectivity index (χ1v) is 8.84. The molecule has 1 aliphatic heterocycles. The van der Waals surface area contributed by atoms with Crippen molar-refractivity contribution in [3.05, 3.63) is 63.1 Å². The van der Waals surface area contributed by atoms with Crippen LogP contribution in [-0.2, 0) is 4.74 Å². The number of benzene rings is 2. The number of nitrogens with zero attached hydrogens (tertiary/aromatic N) is 1. The molecule has 0 unspecified atom stereocenters. The summed E-state index contributed by atoms with van der Waals surface area (Å²) in [5.74, 6) is -1.60. The van der Waals surface area contributed by atoms with Gasteiger partial charge in [-0.25, -0.2) is 9.69 Å². The Hall–Kier alpha value is -2.37. The van der Waals surface area contributed by atoms with Gasteiger partial charge >= 0.3 is 5.97 Å². The van der Waals surface area contributed by atoms with Crippen molar-refractivity contribution in [1.82, 2.24) is 0 Å². The molecule has 0 bridgehead atoms. The summed E-state index contributed by atoms with van der Waals surface area (Å²) in [7, 11) is 0. The third-order valence-electron chi connectivity index (χ3n) is 4.00. The molecule has 26 heavy (non-hydrogen) atoms. The van der Waals surface area contributed by atoms with Crippen LogP contribution in [0.15, 0.2) is 36.4 Å². The first-order valence-electron chi connectivity index (χ1n) is 8.09. The molecule has 0 N–H and O–H groups in total. The molecule has 1 heterocycles. The molecule has 0 atom stereocenters. The molecule has 134 valence electrons. The summed E-state index contributed by atoms with van der Waals surface area (Å²) in [6, 6.07) is 8.83. The summed E-state index contributed by atoms with van der Waals surface area (Å²) in [4.78, 5) is 38.5. The molecule has 2 amide bonds. The molecule has 7 heteroatoms. The monoisotopic (exact) mass is 391 g/mol. The number of ether oxygens (including phenoxy) is 1. The first kappa shape index (κ1) is 18.4. The molecule has 1 aliphatic rings. The lowest BCUT2D eigenvalue weighted by molar-refractivity contribution is 0.0499. The molecule has 0 fully saturated rings. The normalized spacial score (nSPS) is 13.1. The zero-order valence-electron chi connectivity index (χ0n) is 13.9. The van der Waals surface area contributed by atoms with Crippen molar-refractivity contribution in [3.8, 4) is 0 Å². The minimum Gasteiger partial charge on any atom is -0.462 e. The molecule has 0 saturated carbocycles. The number of carbonyl (C=O) groups is 3. The highest BCUT2D eigenvalue weighted by Gasteiger charge is 2.38. The van der Waals surface area contributed by atoms with Crippen molar-refractivity contribution in [3.63, 3.8) is 0 Å². The summed E-state index contributed by atoms with van der Waals surface area (Å²) in [6.45, 7) is 2.30. The molecule has 0 spiro atoms. The van der Waals surface area contributed by atoms with E-state index >= 15 is 0 Å². The second kappa shape index (κ2) is 7.48.